The summed E-state index contributed by atoms with van der Waals surface area (Å²) in [4.78, 5) is 0. The number of nitrogens with zero attached hydrogens (tertiary/aromatic N) is 3. The lowest BCUT2D eigenvalue weighted by atomic mass is 10.1. The second kappa shape index (κ2) is 5.21. The molecule has 0 aromatic carbocycles. The van der Waals surface area contributed by atoms with Crippen molar-refractivity contribution >= 4 is 5.71 Å². The molecule has 1 rings (SSSR count). The molecule has 0 bridgehead atoms. The molecule has 1 heterocycles. The van der Waals surface area contributed by atoms with Gasteiger partial charge in [-0.1, -0.05) is 19.0 Å². The Balaban J connectivity index is 3.40. The molecule has 96 valence electrons. The Morgan fingerprint density at radius 3 is 2.41 bits per heavy atom. The Hall–Kier alpha value is -1.52. The average Bonchev–Trinajstić information content (AvgIpc) is 2.53. The molecule has 0 radical (unpaired) electrons. The second-order valence-electron chi connectivity index (χ2n) is 4.26. The van der Waals surface area contributed by atoms with Crippen LogP contribution in [0, 0.1) is 19.1 Å². The molecule has 1 N–H and O–H groups in total. The summed E-state index contributed by atoms with van der Waals surface area (Å²) in [7, 11) is 0. The number of rotatable bonds is 4. The molecule has 0 spiro atoms. The van der Waals surface area contributed by atoms with E-state index in [4.69, 9.17) is 5.21 Å². The summed E-state index contributed by atoms with van der Waals surface area (Å²) in [5, 5.41) is 24.1. The van der Waals surface area contributed by atoms with Gasteiger partial charge in [0.25, 0.3) is 5.82 Å². The third-order valence-electron chi connectivity index (χ3n) is 3.34. The van der Waals surface area contributed by atoms with Crippen molar-refractivity contribution in [2.45, 2.75) is 53.5 Å². The highest BCUT2D eigenvalue weighted by molar-refractivity contribution is 5.85. The van der Waals surface area contributed by atoms with Gasteiger partial charge in [0.15, 0.2) is 0 Å². The molecule has 1 atom stereocenters. The highest BCUT2D eigenvalue weighted by Crippen LogP contribution is 2.20. The normalized spacial score (nSPS) is 14.1. The van der Waals surface area contributed by atoms with E-state index in [1.165, 1.54) is 0 Å². The standard InChI is InChI=1S/C12H21N3O2/c1-6-11(8(3)13-16)14-9(4)12(7-2)15(17)10(14)5/h11,16H,6-7H2,1-5H3/b13-8-/t11-/m1/s1. The van der Waals surface area contributed by atoms with Crippen LogP contribution < -0.4 is 4.73 Å². The number of oxime groups is 1. The minimum absolute atomic E-state index is 0.0551. The van der Waals surface area contributed by atoms with Crippen LogP contribution in [-0.4, -0.2) is 15.5 Å². The molecule has 1 aromatic heterocycles. The van der Waals surface area contributed by atoms with Crippen molar-refractivity contribution in [3.8, 4) is 0 Å². The van der Waals surface area contributed by atoms with Crippen molar-refractivity contribution in [2.24, 2.45) is 5.16 Å². The topological polar surface area (TPSA) is 64.5 Å². The SMILES string of the molecule is CCc1c(C)n([C@H](CC)/C(C)=N\O)c(C)[n+]1[O-]. The molecule has 5 heteroatoms. The number of aromatic nitrogens is 2. The third kappa shape index (κ3) is 2.14. The Labute approximate surface area is 102 Å². The van der Waals surface area contributed by atoms with Gasteiger partial charge < -0.3 is 10.4 Å². The maximum atomic E-state index is 12.0. The predicted octanol–water partition coefficient (Wildman–Crippen LogP) is 2.10. The van der Waals surface area contributed by atoms with Crippen LogP contribution in [0.25, 0.3) is 0 Å². The summed E-state index contributed by atoms with van der Waals surface area (Å²) in [5.41, 5.74) is 2.36. The first-order valence-electron chi connectivity index (χ1n) is 5.97. The summed E-state index contributed by atoms with van der Waals surface area (Å²) in [5.74, 6) is 0.647. The van der Waals surface area contributed by atoms with E-state index in [0.29, 0.717) is 18.0 Å². The number of hydrogen-bond acceptors (Lipinski definition) is 3. The molecule has 1 aromatic rings. The lowest BCUT2D eigenvalue weighted by Crippen LogP contribution is -2.33. The fraction of sp³-hybridized carbons (Fsp3) is 0.667. The van der Waals surface area contributed by atoms with E-state index in [0.717, 1.165) is 22.5 Å². The summed E-state index contributed by atoms with van der Waals surface area (Å²) in [6.07, 6.45) is 1.49. The van der Waals surface area contributed by atoms with Crippen molar-refractivity contribution in [3.05, 3.63) is 22.4 Å². The number of hydrogen-bond donors (Lipinski definition) is 1. The Kier molecular flexibility index (Phi) is 4.15. The van der Waals surface area contributed by atoms with E-state index < -0.39 is 0 Å². The zero-order valence-electron chi connectivity index (χ0n) is 11.2. The summed E-state index contributed by atoms with van der Waals surface area (Å²) >= 11 is 0. The maximum absolute atomic E-state index is 12.0. The van der Waals surface area contributed by atoms with Crippen molar-refractivity contribution in [3.63, 3.8) is 0 Å². The fourth-order valence-electron chi connectivity index (χ4n) is 2.41. The van der Waals surface area contributed by atoms with Gasteiger partial charge in [-0.15, -0.1) is 0 Å². The second-order valence-corrected chi connectivity index (χ2v) is 4.26. The van der Waals surface area contributed by atoms with Crippen LogP contribution in [0.3, 0.4) is 0 Å². The van der Waals surface area contributed by atoms with Gasteiger partial charge in [-0.05, 0) is 13.3 Å². The smallest absolute Gasteiger partial charge is 0.257 e. The van der Waals surface area contributed by atoms with Gasteiger partial charge in [-0.3, -0.25) is 0 Å². The van der Waals surface area contributed by atoms with Crippen LogP contribution in [-0.2, 0) is 6.42 Å². The van der Waals surface area contributed by atoms with E-state index in [9.17, 15) is 5.21 Å². The van der Waals surface area contributed by atoms with Crippen LogP contribution in [0.2, 0.25) is 0 Å². The first-order chi connectivity index (χ1) is 7.99. The molecular formula is C12H21N3O2. The van der Waals surface area contributed by atoms with Crippen LogP contribution in [0.1, 0.15) is 50.4 Å². The van der Waals surface area contributed by atoms with Crippen molar-refractivity contribution in [2.75, 3.05) is 0 Å². The van der Waals surface area contributed by atoms with Gasteiger partial charge in [0, 0.05) is 20.3 Å². The van der Waals surface area contributed by atoms with Gasteiger partial charge in [0.05, 0.1) is 5.71 Å². The van der Waals surface area contributed by atoms with Gasteiger partial charge in [-0.25, -0.2) is 9.30 Å². The van der Waals surface area contributed by atoms with Crippen LogP contribution in [0.4, 0.5) is 0 Å². The van der Waals surface area contributed by atoms with E-state index in [1.807, 2.05) is 25.3 Å². The van der Waals surface area contributed by atoms with Crippen LogP contribution in [0.15, 0.2) is 5.16 Å². The largest absolute Gasteiger partial charge is 0.711 e. The van der Waals surface area contributed by atoms with Crippen molar-refractivity contribution < 1.29 is 9.94 Å². The highest BCUT2D eigenvalue weighted by atomic mass is 16.5. The maximum Gasteiger partial charge on any atom is 0.257 e. The lowest BCUT2D eigenvalue weighted by molar-refractivity contribution is -0.620. The van der Waals surface area contributed by atoms with Crippen molar-refractivity contribution in [1.29, 1.82) is 0 Å². The summed E-state index contributed by atoms with van der Waals surface area (Å²) in [6.45, 7) is 9.49. The zero-order chi connectivity index (χ0) is 13.2. The van der Waals surface area contributed by atoms with Gasteiger partial charge >= 0.3 is 0 Å². The summed E-state index contributed by atoms with van der Waals surface area (Å²) < 4.78 is 2.93. The molecule has 0 saturated heterocycles. The molecule has 0 amide bonds. The van der Waals surface area contributed by atoms with E-state index >= 15 is 0 Å². The monoisotopic (exact) mass is 239 g/mol. The lowest BCUT2D eigenvalue weighted by Gasteiger charge is -2.13. The molecule has 0 aliphatic heterocycles. The molecule has 17 heavy (non-hydrogen) atoms. The average molecular weight is 239 g/mol. The highest BCUT2D eigenvalue weighted by Gasteiger charge is 2.27. The van der Waals surface area contributed by atoms with E-state index in [2.05, 4.69) is 5.16 Å². The van der Waals surface area contributed by atoms with E-state index in [-0.39, 0.29) is 6.04 Å². The van der Waals surface area contributed by atoms with Gasteiger partial charge in [0.2, 0.25) is 0 Å². The Morgan fingerprint density at radius 1 is 1.47 bits per heavy atom. The fourth-order valence-corrected chi connectivity index (χ4v) is 2.41. The minimum atomic E-state index is -0.0551. The Morgan fingerprint density at radius 2 is 2.06 bits per heavy atom. The quantitative estimate of drug-likeness (QED) is 0.287. The third-order valence-corrected chi connectivity index (χ3v) is 3.34. The minimum Gasteiger partial charge on any atom is -0.711 e. The molecule has 0 aliphatic carbocycles. The molecular weight excluding hydrogens is 218 g/mol. The number of imidazole rings is 1. The molecule has 5 nitrogen and oxygen atoms in total. The predicted molar refractivity (Wildman–Crippen MR) is 66.5 cm³/mol. The van der Waals surface area contributed by atoms with Crippen LogP contribution in [0.5, 0.6) is 0 Å². The molecule has 0 unspecified atom stereocenters. The Bertz CT molecular complexity index is 435. The molecule has 0 aliphatic rings. The summed E-state index contributed by atoms with van der Waals surface area (Å²) in [6, 6.07) is -0.0551. The zero-order valence-corrected chi connectivity index (χ0v) is 11.2. The van der Waals surface area contributed by atoms with E-state index in [1.54, 1.807) is 13.8 Å². The van der Waals surface area contributed by atoms with Gasteiger partial charge in [-0.2, -0.15) is 0 Å². The molecule has 0 saturated carbocycles. The first kappa shape index (κ1) is 13.5. The first-order valence-corrected chi connectivity index (χ1v) is 5.97. The van der Waals surface area contributed by atoms with Crippen LogP contribution >= 0.6 is 0 Å². The van der Waals surface area contributed by atoms with Crippen molar-refractivity contribution in [1.82, 2.24) is 4.57 Å². The molecule has 0 fully saturated rings. The van der Waals surface area contributed by atoms with Gasteiger partial charge in [0.1, 0.15) is 17.4 Å².